The third-order valence-electron chi connectivity index (χ3n) is 4.35. The average molecular weight is 293 g/mol. The standard InChI is InChI=1S/C15H23N3OS/c1-2-19-15(7-5-3-4-6-8-15)14-17-12-10-20-9-11(12)13(16)18-14/h2-10H2,1H3,(H2,16,17,18). The second kappa shape index (κ2) is 5.90. The van der Waals surface area contributed by atoms with Crippen LogP contribution >= 0.6 is 11.8 Å². The van der Waals surface area contributed by atoms with Crippen LogP contribution in [0.25, 0.3) is 0 Å². The van der Waals surface area contributed by atoms with Crippen molar-refractivity contribution in [2.24, 2.45) is 0 Å². The topological polar surface area (TPSA) is 61.0 Å². The molecule has 3 rings (SSSR count). The molecule has 1 aliphatic carbocycles. The quantitative estimate of drug-likeness (QED) is 0.866. The zero-order valence-electron chi connectivity index (χ0n) is 12.2. The maximum absolute atomic E-state index is 6.16. The summed E-state index contributed by atoms with van der Waals surface area (Å²) in [5.41, 5.74) is 8.11. The molecule has 1 saturated carbocycles. The van der Waals surface area contributed by atoms with Crippen molar-refractivity contribution in [3.63, 3.8) is 0 Å². The van der Waals surface area contributed by atoms with E-state index in [2.05, 4.69) is 11.9 Å². The molecule has 0 radical (unpaired) electrons. The fraction of sp³-hybridized carbons (Fsp3) is 0.733. The van der Waals surface area contributed by atoms with Crippen molar-refractivity contribution < 1.29 is 4.74 Å². The number of ether oxygens (including phenoxy) is 1. The first-order valence-corrected chi connectivity index (χ1v) is 8.78. The van der Waals surface area contributed by atoms with Gasteiger partial charge in [-0.15, -0.1) is 0 Å². The molecule has 1 aliphatic heterocycles. The first-order chi connectivity index (χ1) is 9.75. The SMILES string of the molecule is CCOC1(c2nc(N)c3c(n2)CSC3)CCCCCC1. The normalized spacial score (nSPS) is 21.4. The summed E-state index contributed by atoms with van der Waals surface area (Å²) in [6.45, 7) is 2.76. The molecule has 2 N–H and O–H groups in total. The number of nitrogen functional groups attached to an aromatic ring is 1. The molecule has 0 atom stereocenters. The molecule has 4 nitrogen and oxygen atoms in total. The van der Waals surface area contributed by atoms with Crippen LogP contribution in [0, 0.1) is 0 Å². The zero-order valence-corrected chi connectivity index (χ0v) is 13.0. The smallest absolute Gasteiger partial charge is 0.162 e. The van der Waals surface area contributed by atoms with Crippen LogP contribution in [0.1, 0.15) is 62.5 Å². The number of nitrogens with zero attached hydrogens (tertiary/aromatic N) is 2. The van der Waals surface area contributed by atoms with Gasteiger partial charge in [-0.25, -0.2) is 9.97 Å². The molecule has 2 aliphatic rings. The Labute approximate surface area is 124 Å². The molecule has 110 valence electrons. The van der Waals surface area contributed by atoms with E-state index >= 15 is 0 Å². The number of aromatic nitrogens is 2. The van der Waals surface area contributed by atoms with E-state index in [0.717, 1.165) is 41.4 Å². The average Bonchev–Trinajstić information content (AvgIpc) is 2.79. The number of anilines is 1. The Morgan fingerprint density at radius 3 is 2.60 bits per heavy atom. The van der Waals surface area contributed by atoms with Gasteiger partial charge in [-0.05, 0) is 19.8 Å². The summed E-state index contributed by atoms with van der Waals surface area (Å²) in [6.07, 6.45) is 6.98. The summed E-state index contributed by atoms with van der Waals surface area (Å²) in [5, 5.41) is 0. The number of fused-ring (bicyclic) bond motifs is 1. The largest absolute Gasteiger partial charge is 0.383 e. The number of thioether (sulfide) groups is 1. The van der Waals surface area contributed by atoms with E-state index in [1.165, 1.54) is 25.7 Å². The molecular formula is C15H23N3OS. The van der Waals surface area contributed by atoms with E-state index < -0.39 is 0 Å². The van der Waals surface area contributed by atoms with Crippen molar-refractivity contribution in [3.05, 3.63) is 17.1 Å². The summed E-state index contributed by atoms with van der Waals surface area (Å²) >= 11 is 1.87. The Kier molecular flexibility index (Phi) is 4.17. The van der Waals surface area contributed by atoms with Crippen LogP contribution < -0.4 is 5.73 Å². The Balaban J connectivity index is 2.00. The maximum atomic E-state index is 6.16. The van der Waals surface area contributed by atoms with Crippen LogP contribution in [0.5, 0.6) is 0 Å². The molecule has 1 aromatic heterocycles. The summed E-state index contributed by atoms with van der Waals surface area (Å²) in [5.74, 6) is 3.40. The van der Waals surface area contributed by atoms with Crippen LogP contribution in [0.2, 0.25) is 0 Å². The molecule has 0 bridgehead atoms. The van der Waals surface area contributed by atoms with Gasteiger partial charge in [0.2, 0.25) is 0 Å². The van der Waals surface area contributed by atoms with Gasteiger partial charge in [0.15, 0.2) is 5.82 Å². The van der Waals surface area contributed by atoms with Crippen LogP contribution in [-0.4, -0.2) is 16.6 Å². The Morgan fingerprint density at radius 1 is 1.15 bits per heavy atom. The second-order valence-electron chi connectivity index (χ2n) is 5.69. The lowest BCUT2D eigenvalue weighted by atomic mass is 9.92. The molecule has 0 aromatic carbocycles. The molecule has 0 amide bonds. The third kappa shape index (κ3) is 2.53. The van der Waals surface area contributed by atoms with Crippen molar-refractivity contribution in [1.29, 1.82) is 0 Å². The van der Waals surface area contributed by atoms with Gasteiger partial charge in [0.05, 0.1) is 5.69 Å². The highest BCUT2D eigenvalue weighted by molar-refractivity contribution is 7.98. The van der Waals surface area contributed by atoms with E-state index in [-0.39, 0.29) is 5.60 Å². The fourth-order valence-corrected chi connectivity index (χ4v) is 4.34. The molecule has 1 aromatic rings. The second-order valence-corrected chi connectivity index (χ2v) is 6.68. The molecule has 5 heteroatoms. The monoisotopic (exact) mass is 293 g/mol. The number of rotatable bonds is 3. The van der Waals surface area contributed by atoms with Crippen molar-refractivity contribution in [2.45, 2.75) is 62.6 Å². The van der Waals surface area contributed by atoms with E-state index in [0.29, 0.717) is 12.4 Å². The Hall–Kier alpha value is -0.810. The van der Waals surface area contributed by atoms with Crippen LogP contribution in [0.4, 0.5) is 5.82 Å². The van der Waals surface area contributed by atoms with E-state index in [1.807, 2.05) is 11.8 Å². The predicted octanol–water partition coefficient (Wildman–Crippen LogP) is 3.39. The van der Waals surface area contributed by atoms with Crippen molar-refractivity contribution >= 4 is 17.6 Å². The van der Waals surface area contributed by atoms with Gasteiger partial charge in [-0.2, -0.15) is 11.8 Å². The minimum absolute atomic E-state index is 0.304. The van der Waals surface area contributed by atoms with Crippen molar-refractivity contribution in [2.75, 3.05) is 12.3 Å². The van der Waals surface area contributed by atoms with E-state index in [9.17, 15) is 0 Å². The Bertz CT molecular complexity index is 484. The van der Waals surface area contributed by atoms with Crippen LogP contribution in [-0.2, 0) is 21.8 Å². The number of nitrogens with two attached hydrogens (primary N) is 1. The summed E-state index contributed by atoms with van der Waals surface area (Å²) in [7, 11) is 0. The Morgan fingerprint density at radius 2 is 1.90 bits per heavy atom. The summed E-state index contributed by atoms with van der Waals surface area (Å²) in [6, 6.07) is 0. The van der Waals surface area contributed by atoms with E-state index in [1.54, 1.807) is 0 Å². The highest BCUT2D eigenvalue weighted by Gasteiger charge is 2.37. The zero-order chi connectivity index (χ0) is 14.0. The fourth-order valence-electron chi connectivity index (χ4n) is 3.29. The third-order valence-corrected chi connectivity index (χ3v) is 5.32. The number of hydrogen-bond donors (Lipinski definition) is 1. The molecule has 0 saturated heterocycles. The van der Waals surface area contributed by atoms with Gasteiger partial charge in [-0.3, -0.25) is 0 Å². The molecule has 0 unspecified atom stereocenters. The lowest BCUT2D eigenvalue weighted by Crippen LogP contribution is -2.32. The van der Waals surface area contributed by atoms with Crippen LogP contribution in [0.3, 0.4) is 0 Å². The van der Waals surface area contributed by atoms with Gasteiger partial charge < -0.3 is 10.5 Å². The highest BCUT2D eigenvalue weighted by atomic mass is 32.2. The predicted molar refractivity (Wildman–Crippen MR) is 82.4 cm³/mol. The van der Waals surface area contributed by atoms with Crippen LogP contribution in [0.15, 0.2) is 0 Å². The molecule has 1 fully saturated rings. The first-order valence-electron chi connectivity index (χ1n) is 7.62. The maximum Gasteiger partial charge on any atom is 0.162 e. The molecule has 2 heterocycles. The summed E-state index contributed by atoms with van der Waals surface area (Å²) < 4.78 is 6.16. The molecule has 20 heavy (non-hydrogen) atoms. The lowest BCUT2D eigenvalue weighted by Gasteiger charge is -2.31. The van der Waals surface area contributed by atoms with Gasteiger partial charge in [0.25, 0.3) is 0 Å². The molecular weight excluding hydrogens is 270 g/mol. The van der Waals surface area contributed by atoms with Gasteiger partial charge in [0, 0.05) is 23.7 Å². The van der Waals surface area contributed by atoms with Gasteiger partial charge in [-0.1, -0.05) is 25.7 Å². The first kappa shape index (κ1) is 14.1. The molecule has 0 spiro atoms. The van der Waals surface area contributed by atoms with E-state index in [4.69, 9.17) is 15.5 Å². The minimum Gasteiger partial charge on any atom is -0.383 e. The number of hydrogen-bond acceptors (Lipinski definition) is 5. The highest BCUT2D eigenvalue weighted by Crippen LogP contribution is 2.40. The van der Waals surface area contributed by atoms with Gasteiger partial charge >= 0.3 is 0 Å². The van der Waals surface area contributed by atoms with Gasteiger partial charge in [0.1, 0.15) is 11.4 Å². The lowest BCUT2D eigenvalue weighted by molar-refractivity contribution is -0.0624. The van der Waals surface area contributed by atoms with Crippen molar-refractivity contribution in [3.8, 4) is 0 Å². The van der Waals surface area contributed by atoms with Crippen molar-refractivity contribution in [1.82, 2.24) is 9.97 Å². The summed E-state index contributed by atoms with van der Waals surface area (Å²) in [4.78, 5) is 9.46. The minimum atomic E-state index is -0.304.